The highest BCUT2D eigenvalue weighted by atomic mass is 35.5. The van der Waals surface area contributed by atoms with Crippen molar-refractivity contribution in [3.05, 3.63) is 29.0 Å². The quantitative estimate of drug-likeness (QED) is 0.892. The largest absolute Gasteiger partial charge is 0.388 e. The Balaban J connectivity index is 2.01. The number of rotatable bonds is 2. The van der Waals surface area contributed by atoms with Crippen LogP contribution in [0.1, 0.15) is 45.6 Å². The zero-order chi connectivity index (χ0) is 13.9. The van der Waals surface area contributed by atoms with Crippen LogP contribution >= 0.6 is 11.6 Å². The van der Waals surface area contributed by atoms with E-state index in [0.29, 0.717) is 17.4 Å². The van der Waals surface area contributed by atoms with Gasteiger partial charge < -0.3 is 5.11 Å². The predicted molar refractivity (Wildman–Crippen MR) is 77.1 cm³/mol. The summed E-state index contributed by atoms with van der Waals surface area (Å²) in [6.07, 6.45) is 7.57. The molecule has 2 fully saturated rings. The molecule has 3 atom stereocenters. The van der Waals surface area contributed by atoms with Gasteiger partial charge in [-0.1, -0.05) is 32.4 Å². The SMILES string of the molecule is CC12CCC(C1)C(C)(C)C2(O)Cc1ccncc1Cl. The molecule has 0 spiro atoms. The van der Waals surface area contributed by atoms with E-state index < -0.39 is 5.60 Å². The van der Waals surface area contributed by atoms with Crippen LogP contribution in [0.3, 0.4) is 0 Å². The molecule has 2 nitrogen and oxygen atoms in total. The summed E-state index contributed by atoms with van der Waals surface area (Å²) in [6.45, 7) is 6.69. The van der Waals surface area contributed by atoms with Crippen LogP contribution in [0.2, 0.25) is 5.02 Å². The van der Waals surface area contributed by atoms with Gasteiger partial charge in [-0.05, 0) is 47.6 Å². The highest BCUT2D eigenvalue weighted by Crippen LogP contribution is 2.68. The molecule has 19 heavy (non-hydrogen) atoms. The average Bonchev–Trinajstić information content (AvgIpc) is 2.81. The Hall–Kier alpha value is -0.600. The van der Waals surface area contributed by atoms with Gasteiger partial charge in [0.05, 0.1) is 10.6 Å². The molecule has 1 aromatic heterocycles. The number of fused-ring (bicyclic) bond motifs is 2. The summed E-state index contributed by atoms with van der Waals surface area (Å²) < 4.78 is 0. The molecule has 1 N–H and O–H groups in total. The fraction of sp³-hybridized carbons (Fsp3) is 0.688. The van der Waals surface area contributed by atoms with E-state index >= 15 is 0 Å². The zero-order valence-electron chi connectivity index (χ0n) is 11.9. The Morgan fingerprint density at radius 3 is 2.74 bits per heavy atom. The molecule has 3 rings (SSSR count). The maximum Gasteiger partial charge on any atom is 0.0795 e. The first-order valence-electron chi connectivity index (χ1n) is 7.11. The first kappa shape index (κ1) is 13.4. The van der Waals surface area contributed by atoms with Gasteiger partial charge in [-0.25, -0.2) is 0 Å². The Bertz CT molecular complexity index is 508. The van der Waals surface area contributed by atoms with Crippen LogP contribution in [0.4, 0.5) is 0 Å². The van der Waals surface area contributed by atoms with Crippen LogP contribution in [-0.2, 0) is 6.42 Å². The summed E-state index contributed by atoms with van der Waals surface area (Å²) in [5.41, 5.74) is 0.315. The van der Waals surface area contributed by atoms with E-state index in [9.17, 15) is 5.11 Å². The van der Waals surface area contributed by atoms with E-state index in [1.165, 1.54) is 6.42 Å². The molecular weight excluding hydrogens is 258 g/mol. The van der Waals surface area contributed by atoms with Gasteiger partial charge in [0.15, 0.2) is 0 Å². The van der Waals surface area contributed by atoms with Crippen molar-refractivity contribution in [2.45, 2.75) is 52.1 Å². The van der Waals surface area contributed by atoms with Crippen molar-refractivity contribution in [2.24, 2.45) is 16.7 Å². The lowest BCUT2D eigenvalue weighted by Gasteiger charge is -2.51. The zero-order valence-corrected chi connectivity index (χ0v) is 12.7. The lowest BCUT2D eigenvalue weighted by Crippen LogP contribution is -2.55. The van der Waals surface area contributed by atoms with Crippen molar-refractivity contribution < 1.29 is 5.11 Å². The highest BCUT2D eigenvalue weighted by Gasteiger charge is 2.68. The van der Waals surface area contributed by atoms with Gasteiger partial charge in [0.25, 0.3) is 0 Å². The Kier molecular flexibility index (Phi) is 2.79. The first-order chi connectivity index (χ1) is 8.80. The van der Waals surface area contributed by atoms with Crippen LogP contribution in [0.15, 0.2) is 18.5 Å². The lowest BCUT2D eigenvalue weighted by atomic mass is 9.58. The predicted octanol–water partition coefficient (Wildman–Crippen LogP) is 3.85. The molecular formula is C16H22ClNO. The minimum atomic E-state index is -0.673. The topological polar surface area (TPSA) is 33.1 Å². The van der Waals surface area contributed by atoms with Gasteiger partial charge >= 0.3 is 0 Å². The Morgan fingerprint density at radius 2 is 2.16 bits per heavy atom. The molecule has 2 saturated carbocycles. The van der Waals surface area contributed by atoms with Gasteiger partial charge in [0.2, 0.25) is 0 Å². The van der Waals surface area contributed by atoms with Crippen molar-refractivity contribution in [3.63, 3.8) is 0 Å². The Labute approximate surface area is 120 Å². The third-order valence-electron chi connectivity index (χ3n) is 6.13. The number of hydrogen-bond donors (Lipinski definition) is 1. The standard InChI is InChI=1S/C16H22ClNO/c1-14(2)12-4-6-15(3,9-12)16(14,19)8-11-5-7-18-10-13(11)17/h5,7,10,12,19H,4,6,8-9H2,1-3H3. The van der Waals surface area contributed by atoms with Gasteiger partial charge in [0.1, 0.15) is 0 Å². The van der Waals surface area contributed by atoms with E-state index in [-0.39, 0.29) is 10.8 Å². The number of halogens is 1. The van der Waals surface area contributed by atoms with Crippen molar-refractivity contribution in [2.75, 3.05) is 0 Å². The van der Waals surface area contributed by atoms with E-state index in [1.807, 2.05) is 6.07 Å². The summed E-state index contributed by atoms with van der Waals surface area (Å²) in [6, 6.07) is 1.94. The van der Waals surface area contributed by atoms with Gasteiger partial charge in [-0.3, -0.25) is 4.98 Å². The number of nitrogens with zero attached hydrogens (tertiary/aromatic N) is 1. The number of hydrogen-bond acceptors (Lipinski definition) is 2. The molecule has 1 aromatic rings. The number of aromatic nitrogens is 1. The maximum atomic E-state index is 11.5. The molecule has 3 unspecified atom stereocenters. The highest BCUT2D eigenvalue weighted by molar-refractivity contribution is 6.31. The van der Waals surface area contributed by atoms with Crippen LogP contribution in [0.5, 0.6) is 0 Å². The summed E-state index contributed by atoms with van der Waals surface area (Å²) in [5.74, 6) is 0.628. The first-order valence-corrected chi connectivity index (χ1v) is 7.49. The second kappa shape index (κ2) is 3.95. The van der Waals surface area contributed by atoms with Crippen LogP contribution in [0, 0.1) is 16.7 Å². The summed E-state index contributed by atoms with van der Waals surface area (Å²) >= 11 is 6.23. The van der Waals surface area contributed by atoms with Crippen molar-refractivity contribution in [1.82, 2.24) is 4.98 Å². The van der Waals surface area contributed by atoms with Crippen molar-refractivity contribution in [3.8, 4) is 0 Å². The molecule has 1 heterocycles. The molecule has 2 bridgehead atoms. The molecule has 0 amide bonds. The summed E-state index contributed by atoms with van der Waals surface area (Å²) in [5, 5.41) is 12.1. The molecule has 0 radical (unpaired) electrons. The van der Waals surface area contributed by atoms with Crippen LogP contribution in [0.25, 0.3) is 0 Å². The lowest BCUT2D eigenvalue weighted by molar-refractivity contribution is -0.141. The van der Waals surface area contributed by atoms with Gasteiger partial charge in [-0.15, -0.1) is 0 Å². The molecule has 2 aliphatic rings. The van der Waals surface area contributed by atoms with Gasteiger partial charge in [-0.2, -0.15) is 0 Å². The van der Waals surface area contributed by atoms with Gasteiger partial charge in [0, 0.05) is 18.8 Å². The number of aliphatic hydroxyl groups is 1. The third kappa shape index (κ3) is 1.62. The average molecular weight is 280 g/mol. The third-order valence-corrected chi connectivity index (χ3v) is 6.47. The monoisotopic (exact) mass is 279 g/mol. The molecule has 2 aliphatic carbocycles. The van der Waals surface area contributed by atoms with E-state index in [2.05, 4.69) is 25.8 Å². The van der Waals surface area contributed by atoms with Crippen molar-refractivity contribution in [1.29, 1.82) is 0 Å². The second-order valence-electron chi connectivity index (χ2n) is 7.23. The maximum absolute atomic E-state index is 11.5. The molecule has 104 valence electrons. The van der Waals surface area contributed by atoms with E-state index in [4.69, 9.17) is 11.6 Å². The molecule has 0 aliphatic heterocycles. The molecule has 0 saturated heterocycles. The van der Waals surface area contributed by atoms with Crippen LogP contribution < -0.4 is 0 Å². The molecule has 0 aromatic carbocycles. The normalized spacial score (nSPS) is 39.7. The molecule has 3 heteroatoms. The van der Waals surface area contributed by atoms with Crippen LogP contribution in [-0.4, -0.2) is 15.7 Å². The van der Waals surface area contributed by atoms with E-state index in [1.54, 1.807) is 12.4 Å². The smallest absolute Gasteiger partial charge is 0.0795 e. The number of pyridine rings is 1. The second-order valence-corrected chi connectivity index (χ2v) is 7.63. The fourth-order valence-electron chi connectivity index (χ4n) is 4.61. The minimum Gasteiger partial charge on any atom is -0.388 e. The summed E-state index contributed by atoms with van der Waals surface area (Å²) in [7, 11) is 0. The van der Waals surface area contributed by atoms with Crippen molar-refractivity contribution >= 4 is 11.6 Å². The van der Waals surface area contributed by atoms with E-state index in [0.717, 1.165) is 18.4 Å². The minimum absolute atomic E-state index is 0.0216. The fourth-order valence-corrected chi connectivity index (χ4v) is 4.80. The Morgan fingerprint density at radius 1 is 1.42 bits per heavy atom. The summed E-state index contributed by atoms with van der Waals surface area (Å²) in [4.78, 5) is 4.03.